The van der Waals surface area contributed by atoms with Crippen LogP contribution in [0.15, 0.2) is 30.5 Å². The van der Waals surface area contributed by atoms with E-state index in [1.54, 1.807) is 23.0 Å². The molecule has 2 aromatic rings. The maximum atomic E-state index is 13.4. The molecule has 134 valence electrons. The van der Waals surface area contributed by atoms with Gasteiger partial charge in [0.15, 0.2) is 0 Å². The van der Waals surface area contributed by atoms with Gasteiger partial charge in [0.05, 0.1) is 37.6 Å². The fourth-order valence-corrected chi connectivity index (χ4v) is 3.78. The first-order valence-corrected chi connectivity index (χ1v) is 8.91. The summed E-state index contributed by atoms with van der Waals surface area (Å²) in [5.41, 5.74) is 1.32. The zero-order chi connectivity index (χ0) is 17.2. The Balaban J connectivity index is 1.44. The number of nitrogens with one attached hydrogen (secondary N) is 1. The van der Waals surface area contributed by atoms with Gasteiger partial charge in [-0.05, 0) is 25.0 Å². The molecular formula is C18H23FN4O2. The minimum Gasteiger partial charge on any atom is -0.389 e. The van der Waals surface area contributed by atoms with Crippen LogP contribution in [0, 0.1) is 5.82 Å². The molecular weight excluding hydrogens is 323 g/mol. The molecule has 0 amide bonds. The first kappa shape index (κ1) is 16.6. The number of aromatic nitrogens is 3. The number of nitrogens with zero attached hydrogens (tertiary/aromatic N) is 3. The average molecular weight is 346 g/mol. The van der Waals surface area contributed by atoms with Gasteiger partial charge in [-0.15, -0.1) is 5.10 Å². The molecule has 6 nitrogen and oxygen atoms in total. The maximum Gasteiger partial charge on any atom is 0.123 e. The summed E-state index contributed by atoms with van der Waals surface area (Å²) in [6.07, 6.45) is 5.93. The van der Waals surface area contributed by atoms with E-state index in [-0.39, 0.29) is 18.0 Å². The van der Waals surface area contributed by atoms with E-state index in [1.807, 2.05) is 0 Å². The van der Waals surface area contributed by atoms with Crippen molar-refractivity contribution in [2.24, 2.45) is 0 Å². The molecule has 0 bridgehead atoms. The zero-order valence-corrected chi connectivity index (χ0v) is 14.0. The van der Waals surface area contributed by atoms with Gasteiger partial charge in [0.25, 0.3) is 0 Å². The fraction of sp³-hybridized carbons (Fsp3) is 0.556. The Morgan fingerprint density at radius 2 is 2.16 bits per heavy atom. The first-order valence-electron chi connectivity index (χ1n) is 8.91. The van der Waals surface area contributed by atoms with Gasteiger partial charge in [-0.25, -0.2) is 9.07 Å². The lowest BCUT2D eigenvalue weighted by atomic mass is 10.1. The van der Waals surface area contributed by atoms with E-state index >= 15 is 0 Å². The molecule has 0 spiro atoms. The second-order valence-corrected chi connectivity index (χ2v) is 6.95. The summed E-state index contributed by atoms with van der Waals surface area (Å²) in [6.45, 7) is 0.838. The monoisotopic (exact) mass is 346 g/mol. The molecule has 4 rings (SSSR count). The number of hydrogen-bond donors (Lipinski definition) is 2. The summed E-state index contributed by atoms with van der Waals surface area (Å²) in [4.78, 5) is 0. The van der Waals surface area contributed by atoms with Gasteiger partial charge >= 0.3 is 0 Å². The molecule has 1 aliphatic heterocycles. The smallest absolute Gasteiger partial charge is 0.123 e. The molecule has 1 aromatic heterocycles. The highest BCUT2D eigenvalue weighted by molar-refractivity contribution is 5.57. The second-order valence-electron chi connectivity index (χ2n) is 6.95. The quantitative estimate of drug-likeness (QED) is 0.863. The van der Waals surface area contributed by atoms with Crippen LogP contribution in [-0.2, 0) is 11.3 Å². The fourth-order valence-electron chi connectivity index (χ4n) is 3.78. The standard InChI is InChI=1S/C18H23FN4O2/c19-13-5-3-4-12(8-13)15-9-23(22-21-15)10-17-18(16(24)11-25-17)20-14-6-1-2-7-14/h3-5,8-9,14,16-18,20,24H,1-2,6-7,10-11H2/t16-,17+,18+/m0/s1. The van der Waals surface area contributed by atoms with Gasteiger partial charge in [-0.2, -0.15) is 0 Å². The first-order chi connectivity index (χ1) is 12.2. The molecule has 2 fully saturated rings. The van der Waals surface area contributed by atoms with Crippen LogP contribution in [0.3, 0.4) is 0 Å². The number of aliphatic hydroxyl groups is 1. The van der Waals surface area contributed by atoms with Crippen LogP contribution >= 0.6 is 0 Å². The van der Waals surface area contributed by atoms with Crippen LogP contribution in [0.5, 0.6) is 0 Å². The van der Waals surface area contributed by atoms with Crippen LogP contribution in [0.2, 0.25) is 0 Å². The van der Waals surface area contributed by atoms with Crippen molar-refractivity contribution in [1.82, 2.24) is 20.3 Å². The Morgan fingerprint density at radius 3 is 2.96 bits per heavy atom. The predicted octanol–water partition coefficient (Wildman–Crippen LogP) is 1.74. The predicted molar refractivity (Wildman–Crippen MR) is 90.3 cm³/mol. The van der Waals surface area contributed by atoms with Gasteiger partial charge in [-0.1, -0.05) is 30.2 Å². The molecule has 1 saturated carbocycles. The van der Waals surface area contributed by atoms with Crippen LogP contribution in [0.25, 0.3) is 11.3 Å². The number of benzene rings is 1. The van der Waals surface area contributed by atoms with Crippen molar-refractivity contribution in [1.29, 1.82) is 0 Å². The van der Waals surface area contributed by atoms with Crippen molar-refractivity contribution in [3.05, 3.63) is 36.3 Å². The topological polar surface area (TPSA) is 72.2 Å². The lowest BCUT2D eigenvalue weighted by Crippen LogP contribution is -2.49. The van der Waals surface area contributed by atoms with Crippen molar-refractivity contribution in [3.63, 3.8) is 0 Å². The lowest BCUT2D eigenvalue weighted by molar-refractivity contribution is 0.0734. The van der Waals surface area contributed by atoms with Crippen molar-refractivity contribution < 1.29 is 14.2 Å². The van der Waals surface area contributed by atoms with E-state index in [2.05, 4.69) is 15.6 Å². The Kier molecular flexibility index (Phi) is 4.78. The minimum absolute atomic E-state index is 0.0927. The largest absolute Gasteiger partial charge is 0.389 e. The van der Waals surface area contributed by atoms with Gasteiger partial charge in [0.1, 0.15) is 11.5 Å². The summed E-state index contributed by atoms with van der Waals surface area (Å²) in [5, 5.41) is 22.1. The molecule has 1 saturated heterocycles. The highest BCUT2D eigenvalue weighted by atomic mass is 19.1. The van der Waals surface area contributed by atoms with E-state index in [0.717, 1.165) is 12.8 Å². The highest BCUT2D eigenvalue weighted by Crippen LogP contribution is 2.23. The molecule has 2 aliphatic rings. The normalized spacial score (nSPS) is 27.2. The van der Waals surface area contributed by atoms with Crippen molar-refractivity contribution >= 4 is 0 Å². The highest BCUT2D eigenvalue weighted by Gasteiger charge is 2.38. The van der Waals surface area contributed by atoms with Gasteiger partial charge in [0.2, 0.25) is 0 Å². The van der Waals surface area contributed by atoms with E-state index in [0.29, 0.717) is 30.5 Å². The summed E-state index contributed by atoms with van der Waals surface area (Å²) in [5.74, 6) is -0.296. The zero-order valence-electron chi connectivity index (χ0n) is 14.0. The summed E-state index contributed by atoms with van der Waals surface area (Å²) < 4.78 is 20.8. The van der Waals surface area contributed by atoms with Crippen molar-refractivity contribution in [2.45, 2.75) is 56.5 Å². The van der Waals surface area contributed by atoms with E-state index in [1.165, 1.54) is 25.0 Å². The molecule has 3 atom stereocenters. The molecule has 0 unspecified atom stereocenters. The third-order valence-electron chi connectivity index (χ3n) is 5.11. The Morgan fingerprint density at radius 1 is 1.32 bits per heavy atom. The van der Waals surface area contributed by atoms with Gasteiger partial charge in [-0.3, -0.25) is 0 Å². The van der Waals surface area contributed by atoms with Crippen LogP contribution in [0.4, 0.5) is 4.39 Å². The molecule has 1 aromatic carbocycles. The number of hydrogen-bond acceptors (Lipinski definition) is 5. The van der Waals surface area contributed by atoms with E-state index < -0.39 is 6.10 Å². The third kappa shape index (κ3) is 3.73. The van der Waals surface area contributed by atoms with Crippen molar-refractivity contribution in [3.8, 4) is 11.3 Å². The van der Waals surface area contributed by atoms with E-state index in [9.17, 15) is 9.50 Å². The van der Waals surface area contributed by atoms with Crippen LogP contribution in [0.1, 0.15) is 25.7 Å². The van der Waals surface area contributed by atoms with Crippen LogP contribution < -0.4 is 5.32 Å². The van der Waals surface area contributed by atoms with Gasteiger partial charge < -0.3 is 15.2 Å². The van der Waals surface area contributed by atoms with Crippen LogP contribution in [-0.4, -0.2) is 51.0 Å². The molecule has 2 heterocycles. The number of rotatable bonds is 5. The molecule has 0 radical (unpaired) electrons. The van der Waals surface area contributed by atoms with Gasteiger partial charge in [0, 0.05) is 11.6 Å². The van der Waals surface area contributed by atoms with E-state index in [4.69, 9.17) is 4.74 Å². The Hall–Kier alpha value is -1.83. The number of halogens is 1. The summed E-state index contributed by atoms with van der Waals surface area (Å²) >= 11 is 0. The summed E-state index contributed by atoms with van der Waals surface area (Å²) in [6, 6.07) is 6.67. The Labute approximate surface area is 146 Å². The molecule has 25 heavy (non-hydrogen) atoms. The molecule has 7 heteroatoms. The second kappa shape index (κ2) is 7.19. The Bertz CT molecular complexity index is 717. The lowest BCUT2D eigenvalue weighted by Gasteiger charge is -2.25. The summed E-state index contributed by atoms with van der Waals surface area (Å²) in [7, 11) is 0. The third-order valence-corrected chi connectivity index (χ3v) is 5.11. The average Bonchev–Trinajstić information content (AvgIpc) is 3.33. The van der Waals surface area contributed by atoms with Crippen molar-refractivity contribution in [2.75, 3.05) is 6.61 Å². The molecule has 2 N–H and O–H groups in total. The molecule has 1 aliphatic carbocycles. The maximum absolute atomic E-state index is 13.4. The number of ether oxygens (including phenoxy) is 1. The SMILES string of the molecule is O[C@H]1CO[C@H](Cn2cc(-c3cccc(F)c3)nn2)[C@@H]1NC1CCCC1. The minimum atomic E-state index is -0.503. The number of aliphatic hydroxyl groups excluding tert-OH is 1.